The van der Waals surface area contributed by atoms with Crippen LogP contribution in [0.15, 0.2) is 10.7 Å². The number of rotatable bonds is 4. The second-order valence-electron chi connectivity index (χ2n) is 4.07. The van der Waals surface area contributed by atoms with Crippen LogP contribution in [0.5, 0.6) is 0 Å². The van der Waals surface area contributed by atoms with Gasteiger partial charge in [-0.2, -0.15) is 0 Å². The van der Waals surface area contributed by atoms with Gasteiger partial charge in [0, 0.05) is 6.42 Å². The first-order valence-electron chi connectivity index (χ1n) is 5.37. The van der Waals surface area contributed by atoms with Gasteiger partial charge in [0.2, 0.25) is 5.89 Å². The molecule has 0 bridgehead atoms. The van der Waals surface area contributed by atoms with E-state index < -0.39 is 21.1 Å². The molecular weight excluding hydrogens is 246 g/mol. The molecule has 0 amide bonds. The average molecular weight is 259 g/mol. The third-order valence-corrected chi connectivity index (χ3v) is 4.93. The van der Waals surface area contributed by atoms with Gasteiger partial charge in [0.05, 0.1) is 17.9 Å². The van der Waals surface area contributed by atoms with Gasteiger partial charge in [-0.25, -0.2) is 13.4 Å². The molecule has 1 atom stereocenters. The number of aryl methyl sites for hydroxylation is 1. The van der Waals surface area contributed by atoms with Crippen LogP contribution in [0.3, 0.4) is 0 Å². The molecule has 1 saturated heterocycles. The summed E-state index contributed by atoms with van der Waals surface area (Å²) in [6, 6.07) is 0. The molecule has 0 spiro atoms. The van der Waals surface area contributed by atoms with Crippen LogP contribution >= 0.6 is 0 Å². The zero-order valence-electron chi connectivity index (χ0n) is 9.13. The molecule has 0 aromatic carbocycles. The van der Waals surface area contributed by atoms with Crippen LogP contribution in [0.2, 0.25) is 0 Å². The number of nitrogens with zero attached hydrogens (tertiary/aromatic N) is 1. The number of hydrogen-bond donors (Lipinski definition) is 1. The van der Waals surface area contributed by atoms with Crippen LogP contribution in [0.1, 0.15) is 36.1 Å². The van der Waals surface area contributed by atoms with Gasteiger partial charge in [-0.15, -0.1) is 0 Å². The van der Waals surface area contributed by atoms with Crippen molar-refractivity contribution in [2.75, 3.05) is 5.75 Å². The van der Waals surface area contributed by atoms with E-state index in [0.29, 0.717) is 18.5 Å². The first-order valence-corrected chi connectivity index (χ1v) is 7.08. The van der Waals surface area contributed by atoms with Crippen molar-refractivity contribution in [3.05, 3.63) is 17.8 Å². The maximum atomic E-state index is 11.6. The molecule has 94 valence electrons. The fraction of sp³-hybridized carbons (Fsp3) is 0.600. The third-order valence-electron chi connectivity index (χ3n) is 2.77. The average Bonchev–Trinajstić information content (AvgIpc) is 2.80. The van der Waals surface area contributed by atoms with Crippen molar-refractivity contribution in [1.82, 2.24) is 4.98 Å². The quantitative estimate of drug-likeness (QED) is 0.864. The Kier molecular flexibility index (Phi) is 3.19. The van der Waals surface area contributed by atoms with Gasteiger partial charge in [0.25, 0.3) is 0 Å². The van der Waals surface area contributed by atoms with Crippen LogP contribution in [-0.4, -0.2) is 30.2 Å². The topological polar surface area (TPSA) is 97.5 Å². The zero-order valence-corrected chi connectivity index (χ0v) is 9.94. The van der Waals surface area contributed by atoms with Gasteiger partial charge in [-0.3, -0.25) is 4.79 Å². The second-order valence-corrected chi connectivity index (χ2v) is 6.37. The molecule has 6 nitrogen and oxygen atoms in total. The summed E-state index contributed by atoms with van der Waals surface area (Å²) in [6.07, 6.45) is 2.71. The van der Waals surface area contributed by atoms with Crippen molar-refractivity contribution in [3.63, 3.8) is 0 Å². The molecule has 1 aromatic rings. The Morgan fingerprint density at radius 2 is 2.35 bits per heavy atom. The standard InChI is InChI=1S/C10H13NO5S/c12-9(13)4-3-7-6-16-10(11-7)8-2-1-5-17(8,14)15/h6,8H,1-5H2,(H,12,13). The molecule has 0 saturated carbocycles. The summed E-state index contributed by atoms with van der Waals surface area (Å²) in [5.41, 5.74) is 0.490. The fourth-order valence-electron chi connectivity index (χ4n) is 1.89. The highest BCUT2D eigenvalue weighted by Gasteiger charge is 2.36. The highest BCUT2D eigenvalue weighted by Crippen LogP contribution is 2.33. The minimum absolute atomic E-state index is 0.0383. The van der Waals surface area contributed by atoms with E-state index in [1.54, 1.807) is 0 Å². The highest BCUT2D eigenvalue weighted by molar-refractivity contribution is 7.91. The monoisotopic (exact) mass is 259 g/mol. The molecule has 1 N–H and O–H groups in total. The van der Waals surface area contributed by atoms with Crippen LogP contribution in [0.4, 0.5) is 0 Å². The van der Waals surface area contributed by atoms with Gasteiger partial charge < -0.3 is 9.52 Å². The number of carboxylic acids is 1. The van der Waals surface area contributed by atoms with E-state index in [9.17, 15) is 13.2 Å². The summed E-state index contributed by atoms with van der Waals surface area (Å²) in [7, 11) is -3.13. The smallest absolute Gasteiger partial charge is 0.303 e. The number of carboxylic acid groups (broad SMARTS) is 1. The van der Waals surface area contributed by atoms with Gasteiger partial charge in [0.1, 0.15) is 11.5 Å². The van der Waals surface area contributed by atoms with E-state index in [2.05, 4.69) is 4.98 Å². The SMILES string of the molecule is O=C(O)CCc1coc(C2CCCS2(=O)=O)n1. The molecular formula is C10H13NO5S. The molecule has 0 aliphatic carbocycles. The summed E-state index contributed by atoms with van der Waals surface area (Å²) >= 11 is 0. The van der Waals surface area contributed by atoms with Crippen LogP contribution in [0, 0.1) is 0 Å². The predicted octanol–water partition coefficient (Wildman–Crippen LogP) is 0.942. The van der Waals surface area contributed by atoms with Crippen molar-refractivity contribution in [2.24, 2.45) is 0 Å². The number of aromatic nitrogens is 1. The lowest BCUT2D eigenvalue weighted by Gasteiger charge is -2.02. The lowest BCUT2D eigenvalue weighted by molar-refractivity contribution is -0.136. The minimum Gasteiger partial charge on any atom is -0.481 e. The Morgan fingerprint density at radius 1 is 1.59 bits per heavy atom. The number of sulfone groups is 1. The van der Waals surface area contributed by atoms with Crippen molar-refractivity contribution in [1.29, 1.82) is 0 Å². The maximum absolute atomic E-state index is 11.6. The molecule has 1 aliphatic rings. The predicted molar refractivity (Wildman–Crippen MR) is 58.2 cm³/mol. The Bertz CT molecular complexity index is 519. The summed E-state index contributed by atoms with van der Waals surface area (Å²) in [5, 5.41) is 7.87. The lowest BCUT2D eigenvalue weighted by atomic mass is 10.2. The number of oxazole rings is 1. The molecule has 1 aliphatic heterocycles. The minimum atomic E-state index is -3.13. The summed E-state index contributed by atoms with van der Waals surface area (Å²) in [6.45, 7) is 0. The maximum Gasteiger partial charge on any atom is 0.303 e. The number of aliphatic carboxylic acids is 1. The highest BCUT2D eigenvalue weighted by atomic mass is 32.2. The molecule has 2 heterocycles. The van der Waals surface area contributed by atoms with Gasteiger partial charge in [0.15, 0.2) is 9.84 Å². The second kappa shape index (κ2) is 4.48. The third kappa shape index (κ3) is 2.66. The van der Waals surface area contributed by atoms with Crippen molar-refractivity contribution < 1.29 is 22.7 Å². The molecule has 0 radical (unpaired) electrons. The summed E-state index contributed by atoms with van der Waals surface area (Å²) in [4.78, 5) is 14.4. The van der Waals surface area contributed by atoms with Crippen molar-refractivity contribution >= 4 is 15.8 Å². The molecule has 1 unspecified atom stereocenters. The molecule has 7 heteroatoms. The van der Waals surface area contributed by atoms with E-state index >= 15 is 0 Å². The Morgan fingerprint density at radius 3 is 2.94 bits per heavy atom. The molecule has 1 fully saturated rings. The zero-order chi connectivity index (χ0) is 12.5. The number of hydrogen-bond acceptors (Lipinski definition) is 5. The van der Waals surface area contributed by atoms with Crippen LogP contribution in [-0.2, 0) is 21.1 Å². The van der Waals surface area contributed by atoms with Crippen molar-refractivity contribution in [2.45, 2.75) is 30.9 Å². The van der Waals surface area contributed by atoms with E-state index in [-0.39, 0.29) is 24.5 Å². The van der Waals surface area contributed by atoms with Crippen molar-refractivity contribution in [3.8, 4) is 0 Å². The normalized spacial score (nSPS) is 22.7. The molecule has 1 aromatic heterocycles. The first-order chi connectivity index (χ1) is 7.99. The molecule has 2 rings (SSSR count). The van der Waals surface area contributed by atoms with Gasteiger partial charge >= 0.3 is 5.97 Å². The van der Waals surface area contributed by atoms with E-state index in [1.165, 1.54) is 6.26 Å². The lowest BCUT2D eigenvalue weighted by Crippen LogP contribution is -2.08. The van der Waals surface area contributed by atoms with Crippen LogP contribution in [0.25, 0.3) is 0 Å². The van der Waals surface area contributed by atoms with Crippen LogP contribution < -0.4 is 0 Å². The molecule has 17 heavy (non-hydrogen) atoms. The van der Waals surface area contributed by atoms with Gasteiger partial charge in [-0.1, -0.05) is 0 Å². The Labute approximate surface area is 98.6 Å². The summed E-state index contributed by atoms with van der Waals surface area (Å²) < 4.78 is 28.4. The van der Waals surface area contributed by atoms with Gasteiger partial charge in [-0.05, 0) is 12.8 Å². The van der Waals surface area contributed by atoms with E-state index in [0.717, 1.165) is 0 Å². The summed E-state index contributed by atoms with van der Waals surface area (Å²) in [5.74, 6) is -0.546. The fourth-order valence-corrected chi connectivity index (χ4v) is 3.68. The Hall–Kier alpha value is -1.37. The van der Waals surface area contributed by atoms with E-state index in [4.69, 9.17) is 9.52 Å². The Balaban J connectivity index is 2.10. The van der Waals surface area contributed by atoms with E-state index in [1.807, 2.05) is 0 Å². The largest absolute Gasteiger partial charge is 0.481 e. The number of carbonyl (C=O) groups is 1. The first kappa shape index (κ1) is 12.1.